The summed E-state index contributed by atoms with van der Waals surface area (Å²) in [5.74, 6) is 0.291. The normalized spacial score (nSPS) is 29.7. The molecule has 5 unspecified atom stereocenters. The van der Waals surface area contributed by atoms with Crippen molar-refractivity contribution in [3.63, 3.8) is 0 Å². The first kappa shape index (κ1) is 26.9. The predicted octanol–water partition coefficient (Wildman–Crippen LogP) is 5.39. The molecule has 0 bridgehead atoms. The van der Waals surface area contributed by atoms with Crippen LogP contribution in [0.1, 0.15) is 26.7 Å². The second kappa shape index (κ2) is 8.70. The highest BCUT2D eigenvalue weighted by Crippen LogP contribution is 3.13. The fourth-order valence-corrected chi connectivity index (χ4v) is 17.9. The Labute approximate surface area is 253 Å². The number of nitrogens with zero attached hydrogens (tertiary/aromatic N) is 4. The Bertz CT molecular complexity index is 1940. The first-order valence-corrected chi connectivity index (χ1v) is 16.8. The smallest absolute Gasteiger partial charge is 0.332 e. The Morgan fingerprint density at radius 1 is 1.14 bits per heavy atom. The maximum Gasteiger partial charge on any atom is 0.332 e. The number of fused-ring (bicyclic) bond motifs is 1. The van der Waals surface area contributed by atoms with Gasteiger partial charge in [0.1, 0.15) is 23.0 Å². The van der Waals surface area contributed by atoms with Crippen LogP contribution in [-0.4, -0.2) is 60.0 Å². The molecule has 2 N–H and O–H groups in total. The van der Waals surface area contributed by atoms with E-state index in [4.69, 9.17) is 11.6 Å². The number of anilines is 1. The number of aromatic hydroxyl groups is 1. The monoisotopic (exact) mass is 618 g/mol. The van der Waals surface area contributed by atoms with Crippen molar-refractivity contribution in [2.24, 2.45) is 7.05 Å². The van der Waals surface area contributed by atoms with Crippen LogP contribution in [0, 0.1) is 5.82 Å². The number of aromatic nitrogens is 3. The van der Waals surface area contributed by atoms with Crippen molar-refractivity contribution in [3.05, 3.63) is 82.4 Å². The average molecular weight is 619 g/mol. The van der Waals surface area contributed by atoms with Gasteiger partial charge in [-0.2, -0.15) is 0 Å². The molecule has 4 aromatic rings. The highest BCUT2D eigenvalue weighted by atomic mass is 35.5. The molecule has 2 aromatic heterocycles. The zero-order valence-corrected chi connectivity index (χ0v) is 25.7. The van der Waals surface area contributed by atoms with Crippen LogP contribution in [0.25, 0.3) is 27.9 Å². The molecule has 5 atom stereocenters. The molecule has 8 nitrogen and oxygen atoms in total. The molecule has 1 amide bonds. The van der Waals surface area contributed by atoms with Crippen LogP contribution in [0.3, 0.4) is 0 Å². The highest BCUT2D eigenvalue weighted by molar-refractivity contribution is 7.90. The van der Waals surface area contributed by atoms with Gasteiger partial charge in [-0.1, -0.05) is 17.7 Å². The molecule has 2 aromatic carbocycles. The van der Waals surface area contributed by atoms with Crippen molar-refractivity contribution in [1.82, 2.24) is 19.4 Å². The van der Waals surface area contributed by atoms with Gasteiger partial charge in [-0.15, -0.1) is 0 Å². The fraction of sp³-hybridized carbons (Fsp3) is 0.344. The number of rotatable bonds is 5. The molecular weight excluding hydrogens is 588 g/mol. The van der Waals surface area contributed by atoms with Crippen LogP contribution in [0.4, 0.5) is 10.2 Å². The Morgan fingerprint density at radius 3 is 2.53 bits per heavy atom. The molecule has 8 rings (SSSR count). The number of pyridine rings is 1. The topological polar surface area (TPSA) is 92.4 Å². The number of phenols is 1. The van der Waals surface area contributed by atoms with Gasteiger partial charge in [-0.3, -0.25) is 9.36 Å². The number of imidazole rings is 1. The lowest BCUT2D eigenvalue weighted by atomic mass is 9.92. The Balaban J connectivity index is 1.11. The highest BCUT2D eigenvalue weighted by Gasteiger charge is 3.07. The summed E-state index contributed by atoms with van der Waals surface area (Å²) in [7, 11) is 0.450. The molecular formula is C32H31ClFN5O3P+. The van der Waals surface area contributed by atoms with Crippen molar-refractivity contribution >= 4 is 30.6 Å². The molecule has 0 aliphatic carbocycles. The molecule has 6 heterocycles. The van der Waals surface area contributed by atoms with E-state index in [2.05, 4.69) is 22.1 Å². The first-order chi connectivity index (χ1) is 20.5. The standard InChI is InChI=1S/C32H30ClFN5O3P/c1-18(40)36-32-17-31(2)14-22-15-38(16-27(32)43(22,31)32)28-11-20(6-7-35-28)24-13-21(34)12-23(29(24)41)19-4-5-26(25(33)10-19)39-9-8-37(3)30(39)42/h4-13,22,27H,14-17H2,1-3H3,(H-,35,36,40,41)/p+1. The van der Waals surface area contributed by atoms with Gasteiger partial charge in [0.05, 0.1) is 41.9 Å². The summed E-state index contributed by atoms with van der Waals surface area (Å²) < 4.78 is 18.0. The second-order valence-corrected chi connectivity index (χ2v) is 18.0. The quantitative estimate of drug-likeness (QED) is 0.293. The van der Waals surface area contributed by atoms with Crippen LogP contribution in [0.15, 0.2) is 65.8 Å². The van der Waals surface area contributed by atoms with Gasteiger partial charge in [-0.25, -0.2) is 14.2 Å². The third-order valence-electron chi connectivity index (χ3n) is 10.6. The van der Waals surface area contributed by atoms with E-state index < -0.39 is 13.1 Å². The number of phenolic OH excluding ortho intramolecular Hbond substituents is 1. The van der Waals surface area contributed by atoms with Gasteiger partial charge in [0, 0.05) is 56.5 Å². The van der Waals surface area contributed by atoms with E-state index in [1.165, 1.54) is 27.7 Å². The number of carbonyl (C=O) groups excluding carboxylic acids is 1. The molecule has 220 valence electrons. The lowest BCUT2D eigenvalue weighted by molar-refractivity contribution is -0.120. The molecule has 1 spiro atoms. The maximum absolute atomic E-state index is 15.1. The lowest BCUT2D eigenvalue weighted by Crippen LogP contribution is -2.62. The number of hydrogen-bond donors (Lipinski definition) is 2. The summed E-state index contributed by atoms with van der Waals surface area (Å²) in [6.07, 6.45) is 7.26. The molecule has 4 aliphatic heterocycles. The number of benzene rings is 2. The van der Waals surface area contributed by atoms with E-state index in [1.807, 2.05) is 6.07 Å². The van der Waals surface area contributed by atoms with Crippen LogP contribution in [-0.2, 0) is 11.8 Å². The van der Waals surface area contributed by atoms with Gasteiger partial charge in [0.15, 0.2) is 5.28 Å². The summed E-state index contributed by atoms with van der Waals surface area (Å²) in [4.78, 5) is 31.5. The summed E-state index contributed by atoms with van der Waals surface area (Å²) in [6.45, 7) is 5.80. The minimum absolute atomic E-state index is 0.0175. The SMILES string of the molecule is CC(=O)NC12CC3(C)CC4CN(c5cc(-c6cc(F)cc(-c7ccc(-n8ccn(C)c8=O)c(Cl)c7)c6O)ccn5)CC1[P+]432. The average Bonchev–Trinajstić information content (AvgIpc) is 3.33. The van der Waals surface area contributed by atoms with Crippen molar-refractivity contribution in [2.75, 3.05) is 18.0 Å². The molecule has 4 aliphatic rings. The van der Waals surface area contributed by atoms with E-state index in [1.54, 1.807) is 56.8 Å². The number of nitrogens with one attached hydrogen (secondary N) is 1. The Morgan fingerprint density at radius 2 is 1.88 bits per heavy atom. The zero-order chi connectivity index (χ0) is 30.1. The summed E-state index contributed by atoms with van der Waals surface area (Å²) >= 11 is 6.57. The molecule has 43 heavy (non-hydrogen) atoms. The molecule has 4 fully saturated rings. The van der Waals surface area contributed by atoms with Crippen molar-refractivity contribution in [2.45, 2.75) is 48.4 Å². The second-order valence-electron chi connectivity index (χ2n) is 12.8. The molecule has 0 saturated carbocycles. The van der Waals surface area contributed by atoms with Gasteiger partial charge >= 0.3 is 5.69 Å². The van der Waals surface area contributed by atoms with Gasteiger partial charge in [0.2, 0.25) is 5.91 Å². The zero-order valence-electron chi connectivity index (χ0n) is 24.0. The number of halogens is 2. The first-order valence-electron chi connectivity index (χ1n) is 14.4. The van der Waals surface area contributed by atoms with Crippen LogP contribution >= 0.6 is 18.9 Å². The van der Waals surface area contributed by atoms with Gasteiger partial charge < -0.3 is 19.9 Å². The number of carbonyl (C=O) groups is 1. The third-order valence-corrected chi connectivity index (χ3v) is 17.7. The lowest BCUT2D eigenvalue weighted by Gasteiger charge is -2.59. The van der Waals surface area contributed by atoms with Crippen molar-refractivity contribution in [1.29, 1.82) is 0 Å². The third kappa shape index (κ3) is 3.38. The summed E-state index contributed by atoms with van der Waals surface area (Å²) in [5.41, 5.74) is 3.20. The van der Waals surface area contributed by atoms with Crippen LogP contribution in [0.5, 0.6) is 5.75 Å². The molecule has 4 saturated heterocycles. The summed E-state index contributed by atoms with van der Waals surface area (Å²) in [5, 5.41) is 15.5. The minimum Gasteiger partial charge on any atom is -0.507 e. The Hall–Kier alpha value is -3.68. The van der Waals surface area contributed by atoms with Gasteiger partial charge in [-0.05, 0) is 54.4 Å². The van der Waals surface area contributed by atoms with Crippen molar-refractivity contribution < 1.29 is 14.3 Å². The largest absolute Gasteiger partial charge is 0.507 e. The van der Waals surface area contributed by atoms with E-state index in [0.717, 1.165) is 25.3 Å². The van der Waals surface area contributed by atoms with E-state index in [0.29, 0.717) is 49.4 Å². The van der Waals surface area contributed by atoms with E-state index in [-0.39, 0.29) is 22.6 Å². The van der Waals surface area contributed by atoms with E-state index >= 15 is 4.39 Å². The Kier molecular flexibility index (Phi) is 5.45. The molecule has 11 heteroatoms. The number of amides is 1. The number of aryl methyl sites for hydroxylation is 1. The van der Waals surface area contributed by atoms with Gasteiger partial charge in [0.25, 0.3) is 0 Å². The van der Waals surface area contributed by atoms with Crippen LogP contribution in [0.2, 0.25) is 5.02 Å². The summed E-state index contributed by atoms with van der Waals surface area (Å²) in [6, 6.07) is 11.3. The molecule has 0 radical (unpaired) electrons. The van der Waals surface area contributed by atoms with Crippen molar-refractivity contribution in [3.8, 4) is 33.7 Å². The minimum atomic E-state index is -1.20. The van der Waals surface area contributed by atoms with Crippen LogP contribution < -0.4 is 15.9 Å². The maximum atomic E-state index is 15.1. The van der Waals surface area contributed by atoms with E-state index in [9.17, 15) is 14.7 Å². The predicted molar refractivity (Wildman–Crippen MR) is 167 cm³/mol. The number of hydrogen-bond acceptors (Lipinski definition) is 5. The fourth-order valence-electron chi connectivity index (χ4n) is 9.12.